The van der Waals surface area contributed by atoms with Gasteiger partial charge in [0.2, 0.25) is 0 Å². The Morgan fingerprint density at radius 2 is 1.83 bits per heavy atom. The summed E-state index contributed by atoms with van der Waals surface area (Å²) >= 11 is 0. The van der Waals surface area contributed by atoms with Gasteiger partial charge >= 0.3 is 0 Å². The minimum Gasteiger partial charge on any atom is -0.487 e. The number of fused-ring (bicyclic) bond motifs is 1. The van der Waals surface area contributed by atoms with E-state index in [1.807, 2.05) is 66.9 Å². The molecule has 0 bridgehead atoms. The molecule has 0 aliphatic carbocycles. The number of nitrogens with one attached hydrogen (secondary N) is 2. The van der Waals surface area contributed by atoms with Crippen molar-refractivity contribution in [1.29, 1.82) is 0 Å². The van der Waals surface area contributed by atoms with E-state index in [9.17, 15) is 4.79 Å². The van der Waals surface area contributed by atoms with Gasteiger partial charge in [0.15, 0.2) is 0 Å². The highest BCUT2D eigenvalue weighted by Crippen LogP contribution is 2.22. The maximum atomic E-state index is 12.1. The summed E-state index contributed by atoms with van der Waals surface area (Å²) in [4.78, 5) is 15.3. The predicted octanol–water partition coefficient (Wildman–Crippen LogP) is 3.12. The average molecular weight is 317 g/mol. The Bertz CT molecular complexity index is 955. The summed E-state index contributed by atoms with van der Waals surface area (Å²) in [6, 6.07) is 17.4. The number of carbonyl (C=O) groups excluding carboxylic acids is 1. The highest BCUT2D eigenvalue weighted by atomic mass is 16.5. The molecule has 24 heavy (non-hydrogen) atoms. The van der Waals surface area contributed by atoms with Crippen LogP contribution >= 0.6 is 0 Å². The number of hydrogen-bond acceptors (Lipinski definition) is 3. The number of aromatic amines is 1. The first-order valence-corrected chi connectivity index (χ1v) is 7.64. The lowest BCUT2D eigenvalue weighted by atomic mass is 10.1. The number of hydrogen-bond donors (Lipinski definition) is 2. The number of hydrazone groups is 1. The fourth-order valence-corrected chi connectivity index (χ4v) is 2.67. The quantitative estimate of drug-likeness (QED) is 0.726. The van der Waals surface area contributed by atoms with Gasteiger partial charge in [-0.05, 0) is 24.3 Å². The van der Waals surface area contributed by atoms with Crippen LogP contribution in [0.2, 0.25) is 0 Å². The van der Waals surface area contributed by atoms with Crippen LogP contribution in [0.5, 0.6) is 5.75 Å². The second-order valence-corrected chi connectivity index (χ2v) is 5.45. The third-order valence-corrected chi connectivity index (χ3v) is 3.89. The summed E-state index contributed by atoms with van der Waals surface area (Å²) in [7, 11) is 0. The van der Waals surface area contributed by atoms with Crippen molar-refractivity contribution < 1.29 is 9.53 Å². The lowest BCUT2D eigenvalue weighted by molar-refractivity contribution is -0.116. The van der Waals surface area contributed by atoms with Crippen molar-refractivity contribution >= 4 is 28.6 Å². The van der Waals surface area contributed by atoms with Gasteiger partial charge in [-0.1, -0.05) is 36.4 Å². The van der Waals surface area contributed by atoms with E-state index >= 15 is 0 Å². The molecule has 2 heterocycles. The van der Waals surface area contributed by atoms with Gasteiger partial charge in [0.25, 0.3) is 5.91 Å². The summed E-state index contributed by atoms with van der Waals surface area (Å²) in [5, 5.41) is 5.15. The standard InChI is InChI=1S/C19H15N3O2/c23-19-16(10-13-11-20-17-9-5-4-8-15(13)17)18(21-22-19)12-24-14-6-2-1-3-7-14/h1-11,20H,12H2,(H,22,23)/b16-10-. The van der Waals surface area contributed by atoms with Crippen molar-refractivity contribution in [2.45, 2.75) is 0 Å². The topological polar surface area (TPSA) is 66.5 Å². The molecule has 0 spiro atoms. The van der Waals surface area contributed by atoms with E-state index in [0.29, 0.717) is 11.3 Å². The molecule has 0 saturated heterocycles. The molecular weight excluding hydrogens is 302 g/mol. The second kappa shape index (κ2) is 6.04. The largest absolute Gasteiger partial charge is 0.487 e. The van der Waals surface area contributed by atoms with Crippen LogP contribution in [0.3, 0.4) is 0 Å². The van der Waals surface area contributed by atoms with Crippen LogP contribution in [0, 0.1) is 0 Å². The van der Waals surface area contributed by atoms with E-state index < -0.39 is 0 Å². The zero-order valence-corrected chi connectivity index (χ0v) is 12.8. The van der Waals surface area contributed by atoms with Gasteiger partial charge in [-0.2, -0.15) is 5.10 Å². The fourth-order valence-electron chi connectivity index (χ4n) is 2.67. The van der Waals surface area contributed by atoms with Crippen molar-refractivity contribution in [1.82, 2.24) is 10.4 Å². The van der Waals surface area contributed by atoms with Crippen molar-refractivity contribution in [3.8, 4) is 5.75 Å². The predicted molar refractivity (Wildman–Crippen MR) is 93.8 cm³/mol. The van der Waals surface area contributed by atoms with E-state index in [1.54, 1.807) is 0 Å². The Morgan fingerprint density at radius 3 is 2.71 bits per heavy atom. The Labute approximate surface area is 138 Å². The lowest BCUT2D eigenvalue weighted by Gasteiger charge is -2.05. The molecule has 1 amide bonds. The molecule has 5 heteroatoms. The third kappa shape index (κ3) is 2.67. The maximum Gasteiger partial charge on any atom is 0.273 e. The number of para-hydroxylation sites is 2. The molecule has 2 aromatic carbocycles. The highest BCUT2D eigenvalue weighted by molar-refractivity contribution is 6.28. The second-order valence-electron chi connectivity index (χ2n) is 5.45. The monoisotopic (exact) mass is 317 g/mol. The fraction of sp³-hybridized carbons (Fsp3) is 0.0526. The van der Waals surface area contributed by atoms with Gasteiger partial charge in [-0.15, -0.1) is 0 Å². The Kier molecular flexibility index (Phi) is 3.59. The van der Waals surface area contributed by atoms with E-state index in [2.05, 4.69) is 15.5 Å². The number of H-pyrrole nitrogens is 1. The minimum atomic E-state index is -0.216. The molecule has 118 valence electrons. The molecule has 0 unspecified atom stereocenters. The molecule has 0 fully saturated rings. The first-order chi connectivity index (χ1) is 11.8. The molecule has 0 radical (unpaired) electrons. The van der Waals surface area contributed by atoms with Crippen LogP contribution < -0.4 is 10.2 Å². The van der Waals surface area contributed by atoms with Crippen molar-refractivity contribution in [2.24, 2.45) is 5.10 Å². The number of carbonyl (C=O) groups is 1. The van der Waals surface area contributed by atoms with Crippen LogP contribution in [-0.4, -0.2) is 23.2 Å². The van der Waals surface area contributed by atoms with Crippen LogP contribution in [0.25, 0.3) is 17.0 Å². The molecular formula is C19H15N3O2. The van der Waals surface area contributed by atoms with E-state index in [4.69, 9.17) is 4.74 Å². The summed E-state index contributed by atoms with van der Waals surface area (Å²) in [5.41, 5.74) is 5.60. The molecule has 2 N–H and O–H groups in total. The van der Waals surface area contributed by atoms with Crippen LogP contribution in [0.15, 0.2) is 71.5 Å². The number of amides is 1. The van der Waals surface area contributed by atoms with Gasteiger partial charge in [-0.25, -0.2) is 5.43 Å². The third-order valence-electron chi connectivity index (χ3n) is 3.89. The highest BCUT2D eigenvalue weighted by Gasteiger charge is 2.23. The van der Waals surface area contributed by atoms with Gasteiger partial charge in [0.05, 0.1) is 5.57 Å². The molecule has 5 nitrogen and oxygen atoms in total. The molecule has 1 aliphatic rings. The molecule has 1 aliphatic heterocycles. The van der Waals surface area contributed by atoms with Gasteiger partial charge in [0, 0.05) is 22.7 Å². The van der Waals surface area contributed by atoms with Crippen molar-refractivity contribution in [3.05, 3.63) is 71.9 Å². The summed E-state index contributed by atoms with van der Waals surface area (Å²) in [6.45, 7) is 0.233. The normalized spacial score (nSPS) is 15.6. The van der Waals surface area contributed by atoms with Crippen LogP contribution in [0.1, 0.15) is 5.56 Å². The van der Waals surface area contributed by atoms with Gasteiger partial charge in [-0.3, -0.25) is 4.79 Å². The van der Waals surface area contributed by atoms with Crippen LogP contribution in [0.4, 0.5) is 0 Å². The Morgan fingerprint density at radius 1 is 1.04 bits per heavy atom. The van der Waals surface area contributed by atoms with E-state index in [0.717, 1.165) is 22.2 Å². The van der Waals surface area contributed by atoms with Gasteiger partial charge < -0.3 is 9.72 Å². The van der Waals surface area contributed by atoms with Crippen molar-refractivity contribution in [2.75, 3.05) is 6.61 Å². The number of rotatable bonds is 4. The van der Waals surface area contributed by atoms with Gasteiger partial charge in [0.1, 0.15) is 18.1 Å². The summed E-state index contributed by atoms with van der Waals surface area (Å²) < 4.78 is 5.70. The Hall–Kier alpha value is -3.34. The number of benzene rings is 2. The molecule has 0 atom stereocenters. The summed E-state index contributed by atoms with van der Waals surface area (Å²) in [6.07, 6.45) is 3.73. The van der Waals surface area contributed by atoms with E-state index in [1.165, 1.54) is 0 Å². The molecule has 4 rings (SSSR count). The molecule has 3 aromatic rings. The first kappa shape index (κ1) is 14.3. The average Bonchev–Trinajstić information content (AvgIpc) is 3.19. The minimum absolute atomic E-state index is 0.216. The molecule has 1 aromatic heterocycles. The zero-order chi connectivity index (χ0) is 16.4. The number of nitrogens with zero attached hydrogens (tertiary/aromatic N) is 1. The van der Waals surface area contributed by atoms with E-state index in [-0.39, 0.29) is 12.5 Å². The first-order valence-electron chi connectivity index (χ1n) is 7.64. The SMILES string of the molecule is O=C1NN=C(COc2ccccc2)/C1=C/c1c[nH]c2ccccc12. The molecule has 0 saturated carbocycles. The maximum absolute atomic E-state index is 12.1. The Balaban J connectivity index is 1.60. The van der Waals surface area contributed by atoms with Crippen molar-refractivity contribution in [3.63, 3.8) is 0 Å². The van der Waals surface area contributed by atoms with Crippen LogP contribution in [-0.2, 0) is 4.79 Å². The zero-order valence-electron chi connectivity index (χ0n) is 12.8. The number of aromatic nitrogens is 1. The lowest BCUT2D eigenvalue weighted by Crippen LogP contribution is -2.16. The summed E-state index contributed by atoms with van der Waals surface area (Å²) in [5.74, 6) is 0.526. The number of ether oxygens (including phenoxy) is 1. The smallest absolute Gasteiger partial charge is 0.273 e.